The van der Waals surface area contributed by atoms with Gasteiger partial charge in [0.1, 0.15) is 4.88 Å². The molecule has 1 fully saturated rings. The highest BCUT2D eigenvalue weighted by Crippen LogP contribution is 2.26. The van der Waals surface area contributed by atoms with Gasteiger partial charge in [-0.3, -0.25) is 4.79 Å². The van der Waals surface area contributed by atoms with E-state index in [4.69, 9.17) is 0 Å². The van der Waals surface area contributed by atoms with Crippen molar-refractivity contribution in [2.45, 2.75) is 38.6 Å². The number of rotatable bonds is 3. The number of nitrogens with zero attached hydrogens (tertiary/aromatic N) is 1. The molecule has 3 nitrogen and oxygen atoms in total. The highest BCUT2D eigenvalue weighted by Gasteiger charge is 2.24. The summed E-state index contributed by atoms with van der Waals surface area (Å²) in [6, 6.07) is 6.28. The minimum Gasteiger partial charge on any atom is -0.348 e. The van der Waals surface area contributed by atoms with Crippen LogP contribution in [-0.2, 0) is 0 Å². The van der Waals surface area contributed by atoms with E-state index >= 15 is 0 Å². The van der Waals surface area contributed by atoms with Crippen LogP contribution >= 0.6 is 11.3 Å². The molecule has 2 atom stereocenters. The predicted molar refractivity (Wildman–Crippen MR) is 82.5 cm³/mol. The summed E-state index contributed by atoms with van der Waals surface area (Å²) in [6.45, 7) is 2.24. The van der Waals surface area contributed by atoms with Crippen molar-refractivity contribution in [2.75, 3.05) is 0 Å². The van der Waals surface area contributed by atoms with Crippen molar-refractivity contribution in [3.63, 3.8) is 0 Å². The molecule has 0 bridgehead atoms. The Morgan fingerprint density at radius 3 is 2.80 bits per heavy atom. The summed E-state index contributed by atoms with van der Waals surface area (Å²) in [5.41, 5.74) is 0.973. The molecular weight excluding hydrogens is 268 g/mol. The molecule has 4 heteroatoms. The fourth-order valence-corrected chi connectivity index (χ4v) is 3.73. The first-order valence-corrected chi connectivity index (χ1v) is 8.15. The van der Waals surface area contributed by atoms with E-state index in [0.29, 0.717) is 12.0 Å². The van der Waals surface area contributed by atoms with Gasteiger partial charge in [0.25, 0.3) is 5.91 Å². The maximum absolute atomic E-state index is 12.5. The number of aromatic nitrogens is 1. The zero-order valence-electron chi connectivity index (χ0n) is 11.7. The molecule has 2 aromatic rings. The number of hydrogen-bond donors (Lipinski definition) is 1. The van der Waals surface area contributed by atoms with Gasteiger partial charge >= 0.3 is 0 Å². The summed E-state index contributed by atoms with van der Waals surface area (Å²) < 4.78 is 2.00. The van der Waals surface area contributed by atoms with Gasteiger partial charge in [-0.2, -0.15) is 0 Å². The van der Waals surface area contributed by atoms with E-state index in [1.807, 2.05) is 40.5 Å². The molecule has 1 amide bonds. The normalized spacial score (nSPS) is 22.6. The van der Waals surface area contributed by atoms with E-state index < -0.39 is 0 Å². The van der Waals surface area contributed by atoms with Crippen LogP contribution in [0.15, 0.2) is 36.0 Å². The van der Waals surface area contributed by atoms with Gasteiger partial charge in [-0.15, -0.1) is 11.3 Å². The lowest BCUT2D eigenvalue weighted by molar-refractivity contribution is 0.0914. The maximum atomic E-state index is 12.5. The molecule has 0 spiro atoms. The first-order chi connectivity index (χ1) is 9.75. The van der Waals surface area contributed by atoms with E-state index in [2.05, 4.69) is 12.2 Å². The highest BCUT2D eigenvalue weighted by atomic mass is 32.1. The molecule has 20 heavy (non-hydrogen) atoms. The van der Waals surface area contributed by atoms with Crippen LogP contribution < -0.4 is 5.32 Å². The minimum absolute atomic E-state index is 0.0717. The van der Waals surface area contributed by atoms with Gasteiger partial charge in [0.05, 0.1) is 5.69 Å². The van der Waals surface area contributed by atoms with E-state index in [1.54, 1.807) is 0 Å². The number of hydrogen-bond acceptors (Lipinski definition) is 2. The first-order valence-electron chi connectivity index (χ1n) is 7.27. The van der Waals surface area contributed by atoms with E-state index in [1.165, 1.54) is 30.6 Å². The van der Waals surface area contributed by atoms with Crippen LogP contribution in [0.5, 0.6) is 0 Å². The SMILES string of the molecule is CC1CCCCC1NC(=O)c1sccc1-n1cccc1. The largest absolute Gasteiger partial charge is 0.348 e. The predicted octanol–water partition coefficient (Wildman–Crippen LogP) is 3.85. The van der Waals surface area contributed by atoms with Crippen LogP contribution in [0.2, 0.25) is 0 Å². The Labute approximate surface area is 123 Å². The number of thiophene rings is 1. The molecule has 1 saturated carbocycles. The molecule has 0 radical (unpaired) electrons. The lowest BCUT2D eigenvalue weighted by atomic mass is 9.86. The van der Waals surface area contributed by atoms with Crippen molar-refractivity contribution >= 4 is 17.2 Å². The average Bonchev–Trinajstić information content (AvgIpc) is 3.11. The van der Waals surface area contributed by atoms with Crippen LogP contribution in [0.25, 0.3) is 5.69 Å². The number of carbonyl (C=O) groups is 1. The third kappa shape index (κ3) is 2.66. The van der Waals surface area contributed by atoms with Crippen molar-refractivity contribution in [2.24, 2.45) is 5.92 Å². The Morgan fingerprint density at radius 2 is 2.05 bits per heavy atom. The zero-order valence-corrected chi connectivity index (χ0v) is 12.5. The highest BCUT2D eigenvalue weighted by molar-refractivity contribution is 7.12. The van der Waals surface area contributed by atoms with Crippen LogP contribution in [0.3, 0.4) is 0 Å². The monoisotopic (exact) mass is 288 g/mol. The maximum Gasteiger partial charge on any atom is 0.263 e. The van der Waals surface area contributed by atoms with E-state index in [-0.39, 0.29) is 5.91 Å². The van der Waals surface area contributed by atoms with Gasteiger partial charge in [0.2, 0.25) is 0 Å². The van der Waals surface area contributed by atoms with E-state index in [0.717, 1.165) is 17.0 Å². The Hall–Kier alpha value is -1.55. The fourth-order valence-electron chi connectivity index (χ4n) is 2.94. The summed E-state index contributed by atoms with van der Waals surface area (Å²) in [4.78, 5) is 13.3. The fraction of sp³-hybridized carbons (Fsp3) is 0.438. The first kappa shape index (κ1) is 13.4. The number of nitrogens with one attached hydrogen (secondary N) is 1. The minimum atomic E-state index is 0.0717. The second-order valence-electron chi connectivity index (χ2n) is 5.57. The Morgan fingerprint density at radius 1 is 1.30 bits per heavy atom. The van der Waals surface area contributed by atoms with Crippen LogP contribution in [-0.4, -0.2) is 16.5 Å². The summed E-state index contributed by atoms with van der Waals surface area (Å²) in [5, 5.41) is 5.21. The topological polar surface area (TPSA) is 34.0 Å². The van der Waals surface area contributed by atoms with Gasteiger partial charge in [-0.25, -0.2) is 0 Å². The summed E-state index contributed by atoms with van der Waals surface area (Å²) >= 11 is 1.51. The second kappa shape index (κ2) is 5.83. The van der Waals surface area contributed by atoms with Crippen LogP contribution in [0, 0.1) is 5.92 Å². The molecule has 2 heterocycles. The summed E-state index contributed by atoms with van der Waals surface area (Å²) in [6.07, 6.45) is 8.80. The second-order valence-corrected chi connectivity index (χ2v) is 6.48. The molecule has 2 unspecified atom stereocenters. The van der Waals surface area contributed by atoms with Crippen molar-refractivity contribution in [3.05, 3.63) is 40.8 Å². The Kier molecular flexibility index (Phi) is 3.92. The van der Waals surface area contributed by atoms with Crippen molar-refractivity contribution in [3.8, 4) is 5.69 Å². The molecule has 1 N–H and O–H groups in total. The third-order valence-corrected chi connectivity index (χ3v) is 5.06. The van der Waals surface area contributed by atoms with Gasteiger partial charge < -0.3 is 9.88 Å². The van der Waals surface area contributed by atoms with Crippen LogP contribution in [0.1, 0.15) is 42.3 Å². The summed E-state index contributed by atoms with van der Waals surface area (Å²) in [7, 11) is 0. The standard InChI is InChI=1S/C16H20N2OS/c1-12-6-2-3-7-13(12)17-16(19)15-14(8-11-20-15)18-9-4-5-10-18/h4-5,8-13H,2-3,6-7H2,1H3,(H,17,19). The molecule has 1 aliphatic carbocycles. The van der Waals surface area contributed by atoms with Crippen molar-refractivity contribution in [1.82, 2.24) is 9.88 Å². The summed E-state index contributed by atoms with van der Waals surface area (Å²) in [5.74, 6) is 0.658. The third-order valence-electron chi connectivity index (χ3n) is 4.16. The Balaban J connectivity index is 1.76. The molecular formula is C16H20N2OS. The average molecular weight is 288 g/mol. The van der Waals surface area contributed by atoms with Gasteiger partial charge in [0, 0.05) is 18.4 Å². The van der Waals surface area contributed by atoms with Gasteiger partial charge in [-0.05, 0) is 42.3 Å². The molecule has 106 valence electrons. The lowest BCUT2D eigenvalue weighted by Gasteiger charge is -2.29. The lowest BCUT2D eigenvalue weighted by Crippen LogP contribution is -2.41. The number of amides is 1. The zero-order chi connectivity index (χ0) is 13.9. The quantitative estimate of drug-likeness (QED) is 0.914. The molecule has 3 rings (SSSR count). The number of carbonyl (C=O) groups excluding carboxylic acids is 1. The van der Waals surface area contributed by atoms with Crippen molar-refractivity contribution in [1.29, 1.82) is 0 Å². The van der Waals surface area contributed by atoms with Gasteiger partial charge in [-0.1, -0.05) is 19.8 Å². The molecule has 0 aromatic carbocycles. The molecule has 2 aromatic heterocycles. The van der Waals surface area contributed by atoms with Crippen LogP contribution in [0.4, 0.5) is 0 Å². The van der Waals surface area contributed by atoms with Crippen molar-refractivity contribution < 1.29 is 4.79 Å². The van der Waals surface area contributed by atoms with Gasteiger partial charge in [0.15, 0.2) is 0 Å². The smallest absolute Gasteiger partial charge is 0.263 e. The van der Waals surface area contributed by atoms with E-state index in [9.17, 15) is 4.79 Å². The Bertz CT molecular complexity index is 573. The molecule has 1 aliphatic rings. The molecule has 0 aliphatic heterocycles. The molecule has 0 saturated heterocycles.